The van der Waals surface area contributed by atoms with Crippen LogP contribution in [0.25, 0.3) is 0 Å². The average molecular weight is 341 g/mol. The second kappa shape index (κ2) is 7.10. The first kappa shape index (κ1) is 17.4. The molecule has 1 fully saturated rings. The van der Waals surface area contributed by atoms with Crippen molar-refractivity contribution in [1.29, 1.82) is 0 Å². The number of amides is 1. The molecule has 0 bridgehead atoms. The van der Waals surface area contributed by atoms with Crippen LogP contribution in [-0.2, 0) is 19.4 Å². The number of hydrogen-bond acceptors (Lipinski definition) is 5. The summed E-state index contributed by atoms with van der Waals surface area (Å²) < 4.78 is 29.0. The predicted molar refractivity (Wildman–Crippen MR) is 82.1 cm³/mol. The molecule has 2 rings (SSSR count). The fourth-order valence-electron chi connectivity index (χ4n) is 2.41. The molecule has 126 valence electrons. The molecule has 1 amide bonds. The van der Waals surface area contributed by atoms with Gasteiger partial charge in [0.15, 0.2) is 15.9 Å². The summed E-state index contributed by atoms with van der Waals surface area (Å²) >= 11 is 0. The molecule has 1 aromatic rings. The second-order valence-corrected chi connectivity index (χ2v) is 7.38. The van der Waals surface area contributed by atoms with Crippen LogP contribution < -0.4 is 0 Å². The summed E-state index contributed by atoms with van der Waals surface area (Å²) in [7, 11) is -3.34. The highest BCUT2D eigenvalue weighted by molar-refractivity contribution is 7.91. The van der Waals surface area contributed by atoms with Crippen LogP contribution in [0.15, 0.2) is 29.2 Å². The standard InChI is InChI=1S/C15H19NO6S/c1-2-9-23(20,21)12-5-3-11(4-6-12)14(17)16-7-8-22-10-13(16)15(18)19/h3-6,13H,2,7-10H2,1H3,(H,18,19). The minimum Gasteiger partial charge on any atom is -0.480 e. The van der Waals surface area contributed by atoms with Gasteiger partial charge < -0.3 is 14.7 Å². The van der Waals surface area contributed by atoms with Gasteiger partial charge in [0.25, 0.3) is 5.91 Å². The van der Waals surface area contributed by atoms with Crippen molar-refractivity contribution in [3.63, 3.8) is 0 Å². The lowest BCUT2D eigenvalue weighted by Gasteiger charge is -2.32. The number of sulfone groups is 1. The number of benzene rings is 1. The van der Waals surface area contributed by atoms with Crippen molar-refractivity contribution in [2.45, 2.75) is 24.3 Å². The largest absolute Gasteiger partial charge is 0.480 e. The highest BCUT2D eigenvalue weighted by atomic mass is 32.2. The molecule has 0 aromatic heterocycles. The lowest BCUT2D eigenvalue weighted by Crippen LogP contribution is -2.52. The quantitative estimate of drug-likeness (QED) is 0.850. The van der Waals surface area contributed by atoms with Crippen molar-refractivity contribution in [1.82, 2.24) is 4.90 Å². The van der Waals surface area contributed by atoms with Crippen molar-refractivity contribution in [2.24, 2.45) is 0 Å². The third-order valence-electron chi connectivity index (χ3n) is 3.61. The number of morpholine rings is 1. The summed E-state index contributed by atoms with van der Waals surface area (Å²) in [4.78, 5) is 25.1. The number of carboxylic acid groups (broad SMARTS) is 1. The topological polar surface area (TPSA) is 101 Å². The van der Waals surface area contributed by atoms with E-state index in [1.807, 2.05) is 0 Å². The molecular formula is C15H19NO6S. The Kier molecular flexibility index (Phi) is 5.38. The van der Waals surface area contributed by atoms with E-state index >= 15 is 0 Å². The molecule has 1 atom stereocenters. The van der Waals surface area contributed by atoms with Crippen molar-refractivity contribution < 1.29 is 27.9 Å². The van der Waals surface area contributed by atoms with Crippen LogP contribution in [0.4, 0.5) is 0 Å². The Morgan fingerprint density at radius 3 is 2.52 bits per heavy atom. The molecule has 0 aliphatic carbocycles. The van der Waals surface area contributed by atoms with E-state index in [2.05, 4.69) is 0 Å². The van der Waals surface area contributed by atoms with Crippen LogP contribution >= 0.6 is 0 Å². The molecule has 1 aliphatic rings. The molecular weight excluding hydrogens is 322 g/mol. The minimum atomic E-state index is -3.34. The SMILES string of the molecule is CCCS(=O)(=O)c1ccc(C(=O)N2CCOCC2C(=O)O)cc1. The fourth-order valence-corrected chi connectivity index (χ4v) is 3.73. The first-order valence-electron chi connectivity index (χ1n) is 7.31. The van der Waals surface area contributed by atoms with Gasteiger partial charge in [-0.2, -0.15) is 0 Å². The lowest BCUT2D eigenvalue weighted by atomic mass is 10.1. The van der Waals surface area contributed by atoms with E-state index in [0.29, 0.717) is 6.42 Å². The van der Waals surface area contributed by atoms with Crippen LogP contribution in [0, 0.1) is 0 Å². The number of ether oxygens (including phenoxy) is 1. The Morgan fingerprint density at radius 1 is 1.30 bits per heavy atom. The maximum absolute atomic E-state index is 12.5. The Balaban J connectivity index is 2.21. The van der Waals surface area contributed by atoms with Gasteiger partial charge in [-0.1, -0.05) is 6.92 Å². The van der Waals surface area contributed by atoms with Crippen LogP contribution in [0.5, 0.6) is 0 Å². The van der Waals surface area contributed by atoms with Gasteiger partial charge in [-0.05, 0) is 30.7 Å². The Morgan fingerprint density at radius 2 is 1.96 bits per heavy atom. The molecule has 1 aromatic carbocycles. The molecule has 1 saturated heterocycles. The summed E-state index contributed by atoms with van der Waals surface area (Å²) in [6.07, 6.45) is 0.511. The molecule has 0 radical (unpaired) electrons. The number of carboxylic acids is 1. The zero-order chi connectivity index (χ0) is 17.0. The van der Waals surface area contributed by atoms with E-state index in [1.54, 1.807) is 6.92 Å². The predicted octanol–water partition coefficient (Wildman–Crippen LogP) is 0.796. The van der Waals surface area contributed by atoms with Crippen LogP contribution in [0.1, 0.15) is 23.7 Å². The van der Waals surface area contributed by atoms with Crippen molar-refractivity contribution in [3.05, 3.63) is 29.8 Å². The highest BCUT2D eigenvalue weighted by Crippen LogP contribution is 2.17. The first-order valence-corrected chi connectivity index (χ1v) is 8.96. The van der Waals surface area contributed by atoms with Gasteiger partial charge >= 0.3 is 5.97 Å². The molecule has 0 saturated carbocycles. The van der Waals surface area contributed by atoms with Crippen molar-refractivity contribution in [3.8, 4) is 0 Å². The Labute approximate surface area is 134 Å². The van der Waals surface area contributed by atoms with Gasteiger partial charge in [0.1, 0.15) is 0 Å². The summed E-state index contributed by atoms with van der Waals surface area (Å²) in [5.74, 6) is -1.52. The van der Waals surface area contributed by atoms with Gasteiger partial charge in [-0.25, -0.2) is 13.2 Å². The van der Waals surface area contributed by atoms with Gasteiger partial charge in [0.05, 0.1) is 23.9 Å². The van der Waals surface area contributed by atoms with Crippen LogP contribution in [-0.4, -0.2) is 61.9 Å². The smallest absolute Gasteiger partial charge is 0.328 e. The third kappa shape index (κ3) is 3.89. The lowest BCUT2D eigenvalue weighted by molar-refractivity contribution is -0.147. The molecule has 0 spiro atoms. The van der Waals surface area contributed by atoms with Crippen molar-refractivity contribution in [2.75, 3.05) is 25.5 Å². The molecule has 23 heavy (non-hydrogen) atoms. The van der Waals surface area contributed by atoms with E-state index in [0.717, 1.165) is 0 Å². The first-order chi connectivity index (χ1) is 10.9. The van der Waals surface area contributed by atoms with Gasteiger partial charge in [0, 0.05) is 12.1 Å². The van der Waals surface area contributed by atoms with E-state index in [4.69, 9.17) is 9.84 Å². The molecule has 1 aliphatic heterocycles. The Hall–Kier alpha value is -1.93. The van der Waals surface area contributed by atoms with Gasteiger partial charge in [-0.15, -0.1) is 0 Å². The van der Waals surface area contributed by atoms with Crippen LogP contribution in [0.3, 0.4) is 0 Å². The number of rotatable bonds is 5. The van der Waals surface area contributed by atoms with E-state index in [1.165, 1.54) is 29.2 Å². The molecule has 1 heterocycles. The second-order valence-electron chi connectivity index (χ2n) is 5.27. The number of carbonyl (C=O) groups excluding carboxylic acids is 1. The monoisotopic (exact) mass is 341 g/mol. The maximum atomic E-state index is 12.5. The number of nitrogens with zero attached hydrogens (tertiary/aromatic N) is 1. The molecule has 7 nitrogen and oxygen atoms in total. The van der Waals surface area contributed by atoms with Gasteiger partial charge in [0.2, 0.25) is 0 Å². The minimum absolute atomic E-state index is 0.0465. The normalized spacial score (nSPS) is 18.7. The summed E-state index contributed by atoms with van der Waals surface area (Å²) in [6.45, 7) is 2.19. The van der Waals surface area contributed by atoms with E-state index in [-0.39, 0.29) is 36.0 Å². The van der Waals surface area contributed by atoms with E-state index < -0.39 is 27.8 Å². The fraction of sp³-hybridized carbons (Fsp3) is 0.467. The third-order valence-corrected chi connectivity index (χ3v) is 5.54. The summed E-state index contributed by atoms with van der Waals surface area (Å²) in [6, 6.07) is 4.57. The summed E-state index contributed by atoms with van der Waals surface area (Å²) in [5, 5.41) is 9.16. The Bertz CT molecular complexity index is 682. The summed E-state index contributed by atoms with van der Waals surface area (Å²) in [5.41, 5.74) is 0.258. The average Bonchev–Trinajstić information content (AvgIpc) is 2.54. The molecule has 1 unspecified atom stereocenters. The van der Waals surface area contributed by atoms with Crippen LogP contribution in [0.2, 0.25) is 0 Å². The van der Waals surface area contributed by atoms with Gasteiger partial charge in [-0.3, -0.25) is 4.79 Å². The van der Waals surface area contributed by atoms with Crippen molar-refractivity contribution >= 4 is 21.7 Å². The maximum Gasteiger partial charge on any atom is 0.328 e. The zero-order valence-electron chi connectivity index (χ0n) is 12.8. The number of hydrogen-bond donors (Lipinski definition) is 1. The number of carbonyl (C=O) groups is 2. The molecule has 8 heteroatoms. The highest BCUT2D eigenvalue weighted by Gasteiger charge is 2.33. The number of aliphatic carboxylic acids is 1. The van der Waals surface area contributed by atoms with E-state index in [9.17, 15) is 18.0 Å². The molecule has 1 N–H and O–H groups in total. The zero-order valence-corrected chi connectivity index (χ0v) is 13.6.